The number of pyridine rings is 2. The van der Waals surface area contributed by atoms with Crippen LogP contribution in [0.2, 0.25) is 5.02 Å². The molecule has 0 saturated heterocycles. The fourth-order valence-corrected chi connectivity index (χ4v) is 3.99. The van der Waals surface area contributed by atoms with Gasteiger partial charge in [-0.2, -0.15) is 0 Å². The Hall–Kier alpha value is -2.80. The summed E-state index contributed by atoms with van der Waals surface area (Å²) in [6.45, 7) is 9.31. The van der Waals surface area contributed by atoms with Crippen molar-refractivity contribution in [3.8, 4) is 0 Å². The lowest BCUT2D eigenvalue weighted by Gasteiger charge is -2.38. The molecule has 0 atom stereocenters. The SMILES string of the molecule is CC(=O)NCc1ccc(CN(Cc2ncc(Cl)cc2C)C(C)(C)c2ccccn2)c(CO)c1. The zero-order valence-electron chi connectivity index (χ0n) is 19.6. The Balaban J connectivity index is 1.96. The van der Waals surface area contributed by atoms with Gasteiger partial charge in [0, 0.05) is 39.0 Å². The van der Waals surface area contributed by atoms with Gasteiger partial charge in [-0.05, 0) is 61.2 Å². The van der Waals surface area contributed by atoms with Gasteiger partial charge in [0.1, 0.15) is 0 Å². The summed E-state index contributed by atoms with van der Waals surface area (Å²) in [5.41, 5.74) is 5.30. The predicted octanol–water partition coefficient (Wildman–Crippen LogP) is 4.50. The highest BCUT2D eigenvalue weighted by Gasteiger charge is 2.31. The molecule has 2 heterocycles. The summed E-state index contributed by atoms with van der Waals surface area (Å²) in [6, 6.07) is 13.8. The fourth-order valence-electron chi connectivity index (χ4n) is 3.78. The molecule has 0 radical (unpaired) electrons. The molecule has 1 amide bonds. The van der Waals surface area contributed by atoms with Crippen LogP contribution in [0.4, 0.5) is 0 Å². The van der Waals surface area contributed by atoms with Crippen LogP contribution in [-0.4, -0.2) is 25.9 Å². The lowest BCUT2D eigenvalue weighted by molar-refractivity contribution is -0.119. The van der Waals surface area contributed by atoms with Crippen LogP contribution in [0.5, 0.6) is 0 Å². The number of rotatable bonds is 9. The van der Waals surface area contributed by atoms with Gasteiger partial charge in [0.15, 0.2) is 0 Å². The van der Waals surface area contributed by atoms with E-state index in [2.05, 4.69) is 34.0 Å². The smallest absolute Gasteiger partial charge is 0.217 e. The van der Waals surface area contributed by atoms with Gasteiger partial charge in [-0.15, -0.1) is 0 Å². The maximum atomic E-state index is 11.3. The summed E-state index contributed by atoms with van der Waals surface area (Å²) in [6.07, 6.45) is 3.48. The molecular formula is C26H31ClN4O2. The Bertz CT molecular complexity index is 1100. The van der Waals surface area contributed by atoms with Gasteiger partial charge in [-0.25, -0.2) is 0 Å². The minimum atomic E-state index is -0.406. The third kappa shape index (κ3) is 6.38. The Morgan fingerprint density at radius 3 is 2.55 bits per heavy atom. The van der Waals surface area contributed by atoms with Crippen LogP contribution in [0.25, 0.3) is 0 Å². The van der Waals surface area contributed by atoms with Crippen molar-refractivity contribution in [3.05, 3.63) is 93.5 Å². The number of aromatic nitrogens is 2. The van der Waals surface area contributed by atoms with Crippen molar-refractivity contribution in [2.45, 2.75) is 59.5 Å². The number of carbonyl (C=O) groups is 1. The van der Waals surface area contributed by atoms with Crippen LogP contribution >= 0.6 is 11.6 Å². The van der Waals surface area contributed by atoms with Crippen molar-refractivity contribution in [2.75, 3.05) is 0 Å². The molecule has 174 valence electrons. The van der Waals surface area contributed by atoms with Crippen LogP contribution in [0.1, 0.15) is 54.4 Å². The molecule has 0 unspecified atom stereocenters. The molecule has 0 aliphatic carbocycles. The molecule has 1 aromatic carbocycles. The molecule has 0 saturated carbocycles. The predicted molar refractivity (Wildman–Crippen MR) is 130 cm³/mol. The first kappa shape index (κ1) is 24.8. The molecule has 0 fully saturated rings. The van der Waals surface area contributed by atoms with Gasteiger partial charge in [-0.1, -0.05) is 35.9 Å². The van der Waals surface area contributed by atoms with E-state index in [0.29, 0.717) is 24.7 Å². The number of benzene rings is 1. The van der Waals surface area contributed by atoms with Crippen LogP contribution in [0, 0.1) is 6.92 Å². The standard InChI is InChI=1S/C26H31ClN4O2/c1-18-11-23(27)14-30-24(18)16-31(26(3,4)25-7-5-6-10-28-25)15-21-9-8-20(12-22(21)17-32)13-29-19(2)33/h5-12,14,32H,13,15-17H2,1-4H3,(H,29,33). The van der Waals surface area contributed by atoms with Crippen molar-refractivity contribution in [1.29, 1.82) is 0 Å². The topological polar surface area (TPSA) is 78.4 Å². The average molecular weight is 467 g/mol. The number of aliphatic hydroxyl groups is 1. The third-order valence-electron chi connectivity index (χ3n) is 5.92. The van der Waals surface area contributed by atoms with Crippen LogP contribution in [0.15, 0.2) is 54.9 Å². The van der Waals surface area contributed by atoms with E-state index in [9.17, 15) is 9.90 Å². The number of carbonyl (C=O) groups excluding carboxylic acids is 1. The normalized spacial score (nSPS) is 11.6. The monoisotopic (exact) mass is 466 g/mol. The molecule has 7 heteroatoms. The fraction of sp³-hybridized carbons (Fsp3) is 0.346. The molecular weight excluding hydrogens is 436 g/mol. The van der Waals surface area contributed by atoms with Crippen LogP contribution in [-0.2, 0) is 36.6 Å². The molecule has 3 aromatic rings. The second kappa shape index (κ2) is 10.9. The average Bonchev–Trinajstić information content (AvgIpc) is 2.79. The minimum Gasteiger partial charge on any atom is -0.392 e. The second-order valence-electron chi connectivity index (χ2n) is 8.72. The third-order valence-corrected chi connectivity index (χ3v) is 6.13. The quantitative estimate of drug-likeness (QED) is 0.485. The van der Waals surface area contributed by atoms with E-state index in [1.165, 1.54) is 6.92 Å². The first-order valence-electron chi connectivity index (χ1n) is 10.9. The van der Waals surface area contributed by atoms with Gasteiger partial charge in [-0.3, -0.25) is 19.7 Å². The Kier molecular flexibility index (Phi) is 8.19. The largest absolute Gasteiger partial charge is 0.392 e. The van der Waals surface area contributed by atoms with Crippen molar-refractivity contribution in [3.63, 3.8) is 0 Å². The summed E-state index contributed by atoms with van der Waals surface area (Å²) < 4.78 is 0. The Morgan fingerprint density at radius 2 is 1.91 bits per heavy atom. The van der Waals surface area contributed by atoms with E-state index in [4.69, 9.17) is 11.6 Å². The van der Waals surface area contributed by atoms with E-state index in [-0.39, 0.29) is 12.5 Å². The van der Waals surface area contributed by atoms with Crippen LogP contribution < -0.4 is 5.32 Å². The number of halogens is 1. The number of aryl methyl sites for hydroxylation is 1. The van der Waals surface area contributed by atoms with Crippen LogP contribution in [0.3, 0.4) is 0 Å². The van der Waals surface area contributed by atoms with E-state index >= 15 is 0 Å². The van der Waals surface area contributed by atoms with Crippen molar-refractivity contribution < 1.29 is 9.90 Å². The molecule has 2 N–H and O–H groups in total. The Morgan fingerprint density at radius 1 is 1.12 bits per heavy atom. The first-order valence-corrected chi connectivity index (χ1v) is 11.3. The molecule has 33 heavy (non-hydrogen) atoms. The summed E-state index contributed by atoms with van der Waals surface area (Å²) in [5.74, 6) is -0.0845. The highest BCUT2D eigenvalue weighted by molar-refractivity contribution is 6.30. The van der Waals surface area contributed by atoms with E-state index in [1.807, 2.05) is 49.4 Å². The zero-order chi connectivity index (χ0) is 24.0. The number of hydrogen-bond donors (Lipinski definition) is 2. The number of amides is 1. The first-order chi connectivity index (χ1) is 15.7. The van der Waals surface area contributed by atoms with Gasteiger partial charge in [0.2, 0.25) is 5.91 Å². The van der Waals surface area contributed by atoms with Gasteiger partial charge in [0.05, 0.1) is 28.6 Å². The maximum Gasteiger partial charge on any atom is 0.217 e. The molecule has 2 aromatic heterocycles. The van der Waals surface area contributed by atoms with Gasteiger partial charge in [0.25, 0.3) is 0 Å². The van der Waals surface area contributed by atoms with E-state index in [0.717, 1.165) is 33.6 Å². The minimum absolute atomic E-state index is 0.0840. The van der Waals surface area contributed by atoms with E-state index < -0.39 is 5.54 Å². The highest BCUT2D eigenvalue weighted by Crippen LogP contribution is 2.31. The second-order valence-corrected chi connectivity index (χ2v) is 9.15. The molecule has 0 bridgehead atoms. The summed E-state index contributed by atoms with van der Waals surface area (Å²) in [4.78, 5) is 22.8. The number of nitrogens with zero attached hydrogens (tertiary/aromatic N) is 3. The Labute approximate surface area is 200 Å². The lowest BCUT2D eigenvalue weighted by Crippen LogP contribution is -2.41. The molecule has 6 nitrogen and oxygen atoms in total. The van der Waals surface area contributed by atoms with Crippen molar-refractivity contribution in [1.82, 2.24) is 20.2 Å². The summed E-state index contributed by atoms with van der Waals surface area (Å²) in [7, 11) is 0. The molecule has 0 aliphatic heterocycles. The molecule has 0 spiro atoms. The summed E-state index contributed by atoms with van der Waals surface area (Å²) in [5, 5.41) is 13.5. The number of aliphatic hydroxyl groups excluding tert-OH is 1. The summed E-state index contributed by atoms with van der Waals surface area (Å²) >= 11 is 6.13. The number of nitrogens with one attached hydrogen (secondary N) is 1. The maximum absolute atomic E-state index is 11.3. The zero-order valence-corrected chi connectivity index (χ0v) is 20.4. The van der Waals surface area contributed by atoms with Gasteiger partial charge < -0.3 is 10.4 Å². The molecule has 0 aliphatic rings. The molecule has 3 rings (SSSR count). The number of hydrogen-bond acceptors (Lipinski definition) is 5. The van der Waals surface area contributed by atoms with E-state index in [1.54, 1.807) is 12.4 Å². The highest BCUT2D eigenvalue weighted by atomic mass is 35.5. The lowest BCUT2D eigenvalue weighted by atomic mass is 9.94. The van der Waals surface area contributed by atoms with Crippen molar-refractivity contribution >= 4 is 17.5 Å². The van der Waals surface area contributed by atoms with Gasteiger partial charge >= 0.3 is 0 Å². The van der Waals surface area contributed by atoms with Crippen molar-refractivity contribution in [2.24, 2.45) is 0 Å².